The smallest absolute Gasteiger partial charge is 0.289 e. The van der Waals surface area contributed by atoms with Crippen LogP contribution in [-0.4, -0.2) is 29.9 Å². The number of carbonyl (C=O) groups excluding carboxylic acids is 1. The lowest BCUT2D eigenvalue weighted by Gasteiger charge is -2.13. The number of furan rings is 1. The molecule has 0 spiro atoms. The Morgan fingerprint density at radius 2 is 2.33 bits per heavy atom. The molecule has 1 aliphatic heterocycles. The maximum atomic E-state index is 12.2. The first-order chi connectivity index (χ1) is 8.65. The number of hydrogen-bond acceptors (Lipinski definition) is 3. The van der Waals surface area contributed by atoms with E-state index in [1.54, 1.807) is 17.0 Å². The molecule has 0 radical (unpaired) electrons. The lowest BCUT2D eigenvalue weighted by atomic mass is 10.2. The van der Waals surface area contributed by atoms with Gasteiger partial charge < -0.3 is 15.1 Å². The lowest BCUT2D eigenvalue weighted by molar-refractivity contribution is 0.0761. The molecule has 1 unspecified atom stereocenters. The van der Waals surface area contributed by atoms with E-state index in [-0.39, 0.29) is 11.9 Å². The van der Waals surface area contributed by atoms with Crippen molar-refractivity contribution in [3.05, 3.63) is 35.0 Å². The Labute approximate surface area is 109 Å². The van der Waals surface area contributed by atoms with Gasteiger partial charge in [-0.2, -0.15) is 0 Å². The second kappa shape index (κ2) is 4.30. The molecule has 2 heterocycles. The standard InChI is InChI=1S/C13H13ClN2O2/c14-10-3-1-2-8-6-11(18-12(8)10)13(17)16-5-4-9(15)7-16/h1-3,6,9H,4-5,7,15H2. The van der Waals surface area contributed by atoms with Crippen molar-refractivity contribution in [2.24, 2.45) is 5.73 Å². The van der Waals surface area contributed by atoms with Crippen molar-refractivity contribution in [1.29, 1.82) is 0 Å². The molecule has 1 fully saturated rings. The van der Waals surface area contributed by atoms with Crippen molar-refractivity contribution in [2.75, 3.05) is 13.1 Å². The minimum atomic E-state index is -0.116. The number of para-hydroxylation sites is 1. The average Bonchev–Trinajstić information content (AvgIpc) is 2.95. The molecule has 94 valence electrons. The molecule has 0 bridgehead atoms. The second-order valence-corrected chi connectivity index (χ2v) is 4.98. The first kappa shape index (κ1) is 11.6. The summed E-state index contributed by atoms with van der Waals surface area (Å²) in [6, 6.07) is 7.25. The van der Waals surface area contributed by atoms with Crippen molar-refractivity contribution in [3.63, 3.8) is 0 Å². The molecule has 5 heteroatoms. The highest BCUT2D eigenvalue weighted by Gasteiger charge is 2.26. The number of amides is 1. The third kappa shape index (κ3) is 1.87. The van der Waals surface area contributed by atoms with Gasteiger partial charge in [0.1, 0.15) is 0 Å². The van der Waals surface area contributed by atoms with Crippen LogP contribution in [0.15, 0.2) is 28.7 Å². The molecule has 2 aromatic rings. The number of nitrogens with two attached hydrogens (primary N) is 1. The van der Waals surface area contributed by atoms with Crippen LogP contribution in [0.2, 0.25) is 5.02 Å². The predicted molar refractivity (Wildman–Crippen MR) is 69.7 cm³/mol. The van der Waals surface area contributed by atoms with Crippen molar-refractivity contribution in [2.45, 2.75) is 12.5 Å². The fraction of sp³-hybridized carbons (Fsp3) is 0.308. The lowest BCUT2D eigenvalue weighted by Crippen LogP contribution is -2.31. The van der Waals surface area contributed by atoms with Gasteiger partial charge in [0.2, 0.25) is 0 Å². The topological polar surface area (TPSA) is 59.5 Å². The summed E-state index contributed by atoms with van der Waals surface area (Å²) in [6.45, 7) is 1.27. The zero-order chi connectivity index (χ0) is 12.7. The molecule has 1 aromatic carbocycles. The first-order valence-electron chi connectivity index (χ1n) is 5.88. The van der Waals surface area contributed by atoms with E-state index in [1.807, 2.05) is 12.1 Å². The molecule has 1 aromatic heterocycles. The van der Waals surface area contributed by atoms with E-state index in [9.17, 15) is 4.79 Å². The average molecular weight is 265 g/mol. The molecule has 1 aliphatic rings. The summed E-state index contributed by atoms with van der Waals surface area (Å²) < 4.78 is 5.54. The van der Waals surface area contributed by atoms with Crippen molar-refractivity contribution < 1.29 is 9.21 Å². The summed E-state index contributed by atoms with van der Waals surface area (Å²) in [5, 5.41) is 1.36. The van der Waals surface area contributed by atoms with Gasteiger partial charge in [-0.05, 0) is 18.6 Å². The zero-order valence-electron chi connectivity index (χ0n) is 9.73. The number of carbonyl (C=O) groups is 1. The SMILES string of the molecule is NC1CCN(C(=O)c2cc3cccc(Cl)c3o2)C1. The Morgan fingerprint density at radius 1 is 1.50 bits per heavy atom. The Balaban J connectivity index is 1.95. The molecule has 0 saturated carbocycles. The number of benzene rings is 1. The van der Waals surface area contributed by atoms with Gasteiger partial charge in [0.25, 0.3) is 5.91 Å². The van der Waals surface area contributed by atoms with Crippen LogP contribution >= 0.6 is 11.6 Å². The monoisotopic (exact) mass is 264 g/mol. The molecule has 0 aliphatic carbocycles. The summed E-state index contributed by atoms with van der Waals surface area (Å²) in [7, 11) is 0. The molecule has 3 rings (SSSR count). The van der Waals surface area contributed by atoms with Crippen molar-refractivity contribution in [1.82, 2.24) is 4.90 Å². The number of nitrogens with zero attached hydrogens (tertiary/aromatic N) is 1. The molecule has 18 heavy (non-hydrogen) atoms. The normalized spacial score (nSPS) is 19.7. The van der Waals surface area contributed by atoms with E-state index >= 15 is 0 Å². The van der Waals surface area contributed by atoms with E-state index < -0.39 is 0 Å². The van der Waals surface area contributed by atoms with Crippen molar-refractivity contribution in [3.8, 4) is 0 Å². The number of hydrogen-bond donors (Lipinski definition) is 1. The summed E-state index contributed by atoms with van der Waals surface area (Å²) in [6.07, 6.45) is 0.840. The van der Waals surface area contributed by atoms with Crippen LogP contribution in [0.1, 0.15) is 17.0 Å². The third-order valence-corrected chi connectivity index (χ3v) is 3.52. The fourth-order valence-corrected chi connectivity index (χ4v) is 2.48. The highest BCUT2D eigenvalue weighted by Crippen LogP contribution is 2.27. The van der Waals surface area contributed by atoms with Gasteiger partial charge in [0.05, 0.1) is 5.02 Å². The Morgan fingerprint density at radius 3 is 3.00 bits per heavy atom. The van der Waals surface area contributed by atoms with Crippen LogP contribution in [0.4, 0.5) is 0 Å². The van der Waals surface area contributed by atoms with Gasteiger partial charge in [-0.15, -0.1) is 0 Å². The van der Waals surface area contributed by atoms with E-state index in [1.165, 1.54) is 0 Å². The summed E-state index contributed by atoms with van der Waals surface area (Å²) >= 11 is 6.02. The number of rotatable bonds is 1. The number of fused-ring (bicyclic) bond motifs is 1. The summed E-state index contributed by atoms with van der Waals surface area (Å²) in [4.78, 5) is 13.9. The predicted octanol–water partition coefficient (Wildman–Crippen LogP) is 2.26. The van der Waals surface area contributed by atoms with E-state index in [0.717, 1.165) is 11.8 Å². The maximum Gasteiger partial charge on any atom is 0.289 e. The highest BCUT2D eigenvalue weighted by molar-refractivity contribution is 6.34. The second-order valence-electron chi connectivity index (χ2n) is 4.57. The third-order valence-electron chi connectivity index (χ3n) is 3.22. The quantitative estimate of drug-likeness (QED) is 0.859. The van der Waals surface area contributed by atoms with Gasteiger partial charge in [-0.3, -0.25) is 4.79 Å². The molecular formula is C13H13ClN2O2. The maximum absolute atomic E-state index is 12.2. The first-order valence-corrected chi connectivity index (χ1v) is 6.26. The molecule has 2 N–H and O–H groups in total. The summed E-state index contributed by atoms with van der Waals surface area (Å²) in [5.74, 6) is 0.211. The van der Waals surface area contributed by atoms with Crippen LogP contribution in [0.25, 0.3) is 11.0 Å². The van der Waals surface area contributed by atoms with Gasteiger partial charge in [0, 0.05) is 24.5 Å². The van der Waals surface area contributed by atoms with Crippen LogP contribution in [0.3, 0.4) is 0 Å². The van der Waals surface area contributed by atoms with Gasteiger partial charge in [-0.25, -0.2) is 0 Å². The molecule has 1 atom stereocenters. The Bertz CT molecular complexity index is 608. The molecular weight excluding hydrogens is 252 g/mol. The van der Waals surface area contributed by atoms with Crippen LogP contribution in [-0.2, 0) is 0 Å². The van der Waals surface area contributed by atoms with Gasteiger partial charge in [0.15, 0.2) is 11.3 Å². The number of halogens is 1. The molecule has 4 nitrogen and oxygen atoms in total. The highest BCUT2D eigenvalue weighted by atomic mass is 35.5. The zero-order valence-corrected chi connectivity index (χ0v) is 10.5. The van der Waals surface area contributed by atoms with Gasteiger partial charge in [-0.1, -0.05) is 23.7 Å². The van der Waals surface area contributed by atoms with Gasteiger partial charge >= 0.3 is 0 Å². The van der Waals surface area contributed by atoms with E-state index in [2.05, 4.69) is 0 Å². The largest absolute Gasteiger partial charge is 0.449 e. The van der Waals surface area contributed by atoms with E-state index in [0.29, 0.717) is 29.5 Å². The fourth-order valence-electron chi connectivity index (χ4n) is 2.26. The van der Waals surface area contributed by atoms with Crippen LogP contribution in [0, 0.1) is 0 Å². The minimum absolute atomic E-state index is 0.0712. The number of likely N-dealkylation sites (tertiary alicyclic amines) is 1. The van der Waals surface area contributed by atoms with E-state index in [4.69, 9.17) is 21.8 Å². The molecule has 1 amide bonds. The Hall–Kier alpha value is -1.52. The van der Waals surface area contributed by atoms with Crippen LogP contribution < -0.4 is 5.73 Å². The Kier molecular flexibility index (Phi) is 2.76. The summed E-state index contributed by atoms with van der Waals surface area (Å²) in [5.41, 5.74) is 6.36. The van der Waals surface area contributed by atoms with Crippen LogP contribution in [0.5, 0.6) is 0 Å². The molecule has 1 saturated heterocycles. The minimum Gasteiger partial charge on any atom is -0.449 e. The van der Waals surface area contributed by atoms with Crippen molar-refractivity contribution >= 4 is 28.5 Å².